The molecule has 0 bridgehead atoms. The summed E-state index contributed by atoms with van der Waals surface area (Å²) in [6.07, 6.45) is 9.89. The Morgan fingerprint density at radius 3 is 1.60 bits per heavy atom. The molecule has 0 spiro atoms. The summed E-state index contributed by atoms with van der Waals surface area (Å²) < 4.78 is 14.2. The predicted octanol–water partition coefficient (Wildman–Crippen LogP) is 19.3. The molecule has 0 saturated carbocycles. The molecule has 70 heavy (non-hydrogen) atoms. The van der Waals surface area contributed by atoms with Crippen LogP contribution in [0.3, 0.4) is 0 Å². The van der Waals surface area contributed by atoms with Gasteiger partial charge in [0.1, 0.15) is 11.3 Å². The fourth-order valence-corrected chi connectivity index (χ4v) is 10.4. The highest BCUT2D eigenvalue weighted by Crippen LogP contribution is 2.50. The zero-order chi connectivity index (χ0) is 47.9. The molecule has 2 heterocycles. The van der Waals surface area contributed by atoms with Crippen molar-refractivity contribution in [2.45, 2.75) is 27.7 Å². The number of benzene rings is 9. The average Bonchev–Trinajstić information content (AvgIpc) is 3.94. The van der Waals surface area contributed by atoms with Crippen LogP contribution in [-0.4, -0.2) is 0 Å². The highest BCUT2D eigenvalue weighted by Gasteiger charge is 2.28. The Morgan fingerprint density at radius 2 is 0.986 bits per heavy atom. The molecule has 2 aromatic heterocycles. The van der Waals surface area contributed by atoms with Crippen LogP contribution in [0.15, 0.2) is 246 Å². The van der Waals surface area contributed by atoms with E-state index in [0.717, 1.165) is 133 Å². The SMILES string of the molecule is C=C/C=C(C=C)/C(=C/C)c1oc(/C(=C\C)N(c2ccccc2)c2cc3c4ccccc4c(N(c4ccccc4)c4cccc5c4oc4c(-c6ccccc6)cccc45)cc3c3ccccc23)c(C)c1C. The largest absolute Gasteiger partial charge is 0.454 e. The van der Waals surface area contributed by atoms with Crippen LogP contribution in [0.2, 0.25) is 0 Å². The summed E-state index contributed by atoms with van der Waals surface area (Å²) in [4.78, 5) is 4.75. The molecule has 11 rings (SSSR count). The van der Waals surface area contributed by atoms with Gasteiger partial charge in [0.25, 0.3) is 0 Å². The van der Waals surface area contributed by atoms with Gasteiger partial charge in [0.2, 0.25) is 0 Å². The number of anilines is 5. The summed E-state index contributed by atoms with van der Waals surface area (Å²) in [5, 5.41) is 8.93. The molecule has 0 atom stereocenters. The third-order valence-electron chi connectivity index (χ3n) is 13.7. The van der Waals surface area contributed by atoms with Gasteiger partial charge in [-0.1, -0.05) is 189 Å². The predicted molar refractivity (Wildman–Crippen MR) is 299 cm³/mol. The van der Waals surface area contributed by atoms with Gasteiger partial charge in [0, 0.05) is 49.6 Å². The van der Waals surface area contributed by atoms with Gasteiger partial charge in [-0.25, -0.2) is 0 Å². The fourth-order valence-electron chi connectivity index (χ4n) is 10.4. The fraction of sp³-hybridized carbons (Fsp3) is 0.0606. The van der Waals surface area contributed by atoms with Crippen LogP contribution in [0.25, 0.3) is 76.7 Å². The molecule has 338 valence electrons. The van der Waals surface area contributed by atoms with E-state index < -0.39 is 0 Å². The number of furan rings is 2. The standard InChI is InChI=1S/C66H52N2O2/c1-7-26-45(8-2)49(9-3)63-43(5)44(6)64(69-63)59(10-4)67(47-29-16-12-17-30-47)61-41-57-52-34-21-23-36-54(52)62(42-58(57)51-33-20-22-35-53(51)61)68(48-31-18-13-19-32-48)60-40-25-39-56-55-38-24-37-50(65(55)70-66(56)60)46-27-14-11-15-28-46/h7-42H,1-2H2,3-6H3/b45-26+,49-9-,59-10+. The van der Waals surface area contributed by atoms with E-state index in [1.165, 1.54) is 0 Å². The molecule has 4 nitrogen and oxygen atoms in total. The third kappa shape index (κ3) is 7.24. The highest BCUT2D eigenvalue weighted by atomic mass is 16.3. The van der Waals surface area contributed by atoms with Crippen molar-refractivity contribution in [2.24, 2.45) is 0 Å². The van der Waals surface area contributed by atoms with Gasteiger partial charge in [0.05, 0.1) is 22.8 Å². The Balaban J connectivity index is 1.17. The molecule has 0 unspecified atom stereocenters. The van der Waals surface area contributed by atoms with Crippen molar-refractivity contribution in [1.82, 2.24) is 0 Å². The molecule has 4 heteroatoms. The van der Waals surface area contributed by atoms with E-state index >= 15 is 0 Å². The van der Waals surface area contributed by atoms with Crippen LogP contribution in [-0.2, 0) is 0 Å². The van der Waals surface area contributed by atoms with Gasteiger partial charge in [0.15, 0.2) is 11.3 Å². The third-order valence-corrected chi connectivity index (χ3v) is 13.7. The minimum absolute atomic E-state index is 0.804. The molecule has 11 aromatic rings. The van der Waals surface area contributed by atoms with Gasteiger partial charge in [-0.05, 0) is 108 Å². The molecule has 0 N–H and O–H groups in total. The van der Waals surface area contributed by atoms with Gasteiger partial charge >= 0.3 is 0 Å². The molecule has 0 fully saturated rings. The smallest absolute Gasteiger partial charge is 0.159 e. The molecule has 0 saturated heterocycles. The number of hydrogen-bond donors (Lipinski definition) is 0. The summed E-state index contributed by atoms with van der Waals surface area (Å²) in [6.45, 7) is 16.5. The van der Waals surface area contributed by atoms with Crippen LogP contribution < -0.4 is 9.80 Å². The van der Waals surface area contributed by atoms with Crippen LogP contribution in [0.5, 0.6) is 0 Å². The summed E-state index contributed by atoms with van der Waals surface area (Å²) in [5.74, 6) is 1.62. The zero-order valence-corrected chi connectivity index (χ0v) is 39.9. The van der Waals surface area contributed by atoms with Gasteiger partial charge in [-0.3, -0.25) is 0 Å². The van der Waals surface area contributed by atoms with E-state index in [2.05, 4.69) is 244 Å². The Hall–Kier alpha value is -8.86. The lowest BCUT2D eigenvalue weighted by atomic mass is 9.93. The molecule has 0 aliphatic heterocycles. The molecular weight excluding hydrogens is 853 g/mol. The van der Waals surface area contributed by atoms with Crippen LogP contribution in [0.1, 0.15) is 36.5 Å². The Bertz CT molecular complexity index is 3910. The zero-order valence-electron chi connectivity index (χ0n) is 39.9. The average molecular weight is 905 g/mol. The Kier molecular flexibility index (Phi) is 11.4. The van der Waals surface area contributed by atoms with E-state index in [9.17, 15) is 0 Å². The van der Waals surface area contributed by atoms with Crippen LogP contribution in [0.4, 0.5) is 28.4 Å². The first-order chi connectivity index (χ1) is 34.4. The summed E-state index contributed by atoms with van der Waals surface area (Å²) >= 11 is 0. The van der Waals surface area contributed by atoms with E-state index in [1.54, 1.807) is 6.08 Å². The number of nitrogens with zero attached hydrogens (tertiary/aromatic N) is 2. The number of para-hydroxylation sites is 4. The van der Waals surface area contributed by atoms with Gasteiger partial charge in [-0.2, -0.15) is 0 Å². The first-order valence-electron chi connectivity index (χ1n) is 23.9. The molecular formula is C66H52N2O2. The lowest BCUT2D eigenvalue weighted by Gasteiger charge is -2.30. The molecule has 0 aliphatic carbocycles. The van der Waals surface area contributed by atoms with Gasteiger partial charge < -0.3 is 18.6 Å². The number of rotatable bonds is 12. The van der Waals surface area contributed by atoms with Crippen molar-refractivity contribution in [3.05, 3.63) is 260 Å². The van der Waals surface area contributed by atoms with E-state index in [0.29, 0.717) is 0 Å². The second-order valence-corrected chi connectivity index (χ2v) is 17.6. The monoisotopic (exact) mass is 904 g/mol. The first kappa shape index (κ1) is 43.7. The van der Waals surface area contributed by atoms with Crippen LogP contribution >= 0.6 is 0 Å². The highest BCUT2D eigenvalue weighted by molar-refractivity contribution is 6.25. The Morgan fingerprint density at radius 1 is 0.457 bits per heavy atom. The van der Waals surface area contributed by atoms with Crippen molar-refractivity contribution >= 4 is 94.0 Å². The minimum atomic E-state index is 0.804. The Labute approximate surface area is 409 Å². The topological polar surface area (TPSA) is 32.8 Å². The van der Waals surface area contributed by atoms with Crippen molar-refractivity contribution in [3.8, 4) is 11.1 Å². The molecule has 0 radical (unpaired) electrons. The van der Waals surface area contributed by atoms with Crippen LogP contribution in [0, 0.1) is 13.8 Å². The maximum atomic E-state index is 7.11. The molecule has 9 aromatic carbocycles. The quantitative estimate of drug-likeness (QED) is 0.0903. The lowest BCUT2D eigenvalue weighted by Crippen LogP contribution is -2.16. The summed E-state index contributed by atoms with van der Waals surface area (Å²) in [6, 6.07) is 67.1. The summed E-state index contributed by atoms with van der Waals surface area (Å²) in [7, 11) is 0. The number of hydrogen-bond acceptors (Lipinski definition) is 4. The van der Waals surface area contributed by atoms with E-state index in [-0.39, 0.29) is 0 Å². The van der Waals surface area contributed by atoms with E-state index in [1.807, 2.05) is 19.1 Å². The maximum Gasteiger partial charge on any atom is 0.159 e. The van der Waals surface area contributed by atoms with Crippen molar-refractivity contribution < 1.29 is 8.83 Å². The van der Waals surface area contributed by atoms with Gasteiger partial charge in [-0.15, -0.1) is 0 Å². The van der Waals surface area contributed by atoms with Crippen molar-refractivity contribution in [2.75, 3.05) is 9.80 Å². The molecule has 0 aliphatic rings. The second-order valence-electron chi connectivity index (χ2n) is 17.6. The first-order valence-corrected chi connectivity index (χ1v) is 23.9. The van der Waals surface area contributed by atoms with Crippen molar-refractivity contribution in [3.63, 3.8) is 0 Å². The maximum absolute atomic E-state index is 7.11. The lowest BCUT2D eigenvalue weighted by molar-refractivity contribution is 0.535. The minimum Gasteiger partial charge on any atom is -0.454 e. The molecule has 0 amide bonds. The van der Waals surface area contributed by atoms with E-state index in [4.69, 9.17) is 8.83 Å². The normalized spacial score (nSPS) is 12.4. The second kappa shape index (κ2) is 18.3. The van der Waals surface area contributed by atoms with Crippen molar-refractivity contribution in [1.29, 1.82) is 0 Å². The number of fused-ring (bicyclic) bond motifs is 8. The summed E-state index contributed by atoms with van der Waals surface area (Å²) in [5.41, 5.74) is 14.0. The number of allylic oxidation sites excluding steroid dienone is 7.